The normalized spacial score (nSPS) is 0. The van der Waals surface area contributed by atoms with Crippen molar-refractivity contribution in [1.29, 1.82) is 0 Å². The maximum atomic E-state index is 0. The molecule has 4 heteroatoms. The predicted octanol–water partition coefficient (Wildman–Crippen LogP) is -0.0100. The van der Waals surface area contributed by atoms with E-state index < -0.39 is 0 Å². The van der Waals surface area contributed by atoms with Crippen LogP contribution >= 0.6 is 0 Å². The molecule has 0 amide bonds. The van der Waals surface area contributed by atoms with Crippen LogP contribution < -0.4 is 0 Å². The minimum atomic E-state index is 0. The zero-order chi connectivity index (χ0) is 0. The molecule has 0 rings (SSSR count). The predicted molar refractivity (Wildman–Crippen MR) is 0 cm³/mol. The quantitative estimate of drug-likeness (QED) is 0.552. The second kappa shape index (κ2) is 17.9. The summed E-state index contributed by atoms with van der Waals surface area (Å²) >= 11 is 0. The maximum Gasteiger partial charge on any atom is 0 e. The summed E-state index contributed by atoms with van der Waals surface area (Å²) in [6, 6.07) is 0. The molecule has 0 aliphatic heterocycles. The summed E-state index contributed by atoms with van der Waals surface area (Å²) < 4.78 is 0. The zero-order valence-electron chi connectivity index (χ0n) is 1.60. The zero-order valence-corrected chi connectivity index (χ0v) is 8.12. The molecule has 0 nitrogen and oxygen atoms in total. The van der Waals surface area contributed by atoms with E-state index in [0.717, 1.165) is 0 Å². The van der Waals surface area contributed by atoms with Crippen LogP contribution in [0.3, 0.4) is 0 Å². The smallest absolute Gasteiger partial charge is 0 e. The van der Waals surface area contributed by atoms with Crippen LogP contribution in [0.4, 0.5) is 0 Å². The van der Waals surface area contributed by atoms with E-state index in [4.69, 9.17) is 0 Å². The van der Waals surface area contributed by atoms with Gasteiger partial charge in [-0.2, -0.15) is 0 Å². The number of rotatable bonds is 0. The van der Waals surface area contributed by atoms with Gasteiger partial charge < -0.3 is 0 Å². The van der Waals surface area contributed by atoms with Crippen molar-refractivity contribution in [3.8, 4) is 0 Å². The molecule has 0 heterocycles. The van der Waals surface area contributed by atoms with Gasteiger partial charge in [0.05, 0.1) is 0 Å². The molecule has 0 aromatic rings. The minimum absolute atomic E-state index is 0. The second-order valence-corrected chi connectivity index (χ2v) is 0. The molecule has 26 valence electrons. The third-order valence-corrected chi connectivity index (χ3v) is 0. The monoisotopic (exact) mass is 302 g/mol. The largest absolute Gasteiger partial charge is 0 e. The van der Waals surface area contributed by atoms with E-state index in [1.807, 2.05) is 0 Å². The van der Waals surface area contributed by atoms with Crippen molar-refractivity contribution in [2.24, 2.45) is 0 Å². The van der Waals surface area contributed by atoms with Crippen LogP contribution in [0.1, 0.15) is 0 Å². The van der Waals surface area contributed by atoms with Crippen molar-refractivity contribution in [2.75, 3.05) is 0 Å². The van der Waals surface area contributed by atoms with Crippen LogP contribution in [0.25, 0.3) is 0 Å². The van der Waals surface area contributed by atoms with Crippen molar-refractivity contribution in [3.63, 3.8) is 0 Å². The molecule has 0 N–H and O–H groups in total. The Morgan fingerprint density at radius 2 is 1.00 bits per heavy atom. The van der Waals surface area contributed by atoms with E-state index in [1.54, 1.807) is 0 Å². The van der Waals surface area contributed by atoms with Crippen molar-refractivity contribution in [1.82, 2.24) is 0 Å². The Morgan fingerprint density at radius 1 is 1.00 bits per heavy atom. The molecular weight excluding hydrogens is 300 g/mol. The Bertz CT molecular complexity index is 8.00. The van der Waals surface area contributed by atoms with Crippen LogP contribution in [0.2, 0.25) is 0 Å². The van der Waals surface area contributed by atoms with E-state index in [1.165, 1.54) is 0 Å². The van der Waals surface area contributed by atoms with Gasteiger partial charge in [0, 0.05) is 77.6 Å². The van der Waals surface area contributed by atoms with Gasteiger partial charge in [-0.25, -0.2) is 0 Å². The van der Waals surface area contributed by atoms with Gasteiger partial charge in [-0.3, -0.25) is 0 Å². The molecule has 0 aromatic heterocycles. The van der Waals surface area contributed by atoms with Crippen LogP contribution in [0, 0.1) is 0 Å². The fourth-order valence-corrected chi connectivity index (χ4v) is 0. The van der Waals surface area contributed by atoms with Gasteiger partial charge >= 0.3 is 0 Å². The summed E-state index contributed by atoms with van der Waals surface area (Å²) in [6.07, 6.45) is 0. The van der Waals surface area contributed by atoms with Gasteiger partial charge in [0.2, 0.25) is 0 Å². The van der Waals surface area contributed by atoms with Gasteiger partial charge in [0.25, 0.3) is 0 Å². The molecule has 0 saturated carbocycles. The van der Waals surface area contributed by atoms with Gasteiger partial charge in [0.15, 0.2) is 0 Å². The Kier molecular flexibility index (Phi) is 142. The first-order chi connectivity index (χ1) is 0. The summed E-state index contributed by atoms with van der Waals surface area (Å²) in [5, 5.41) is 0. The van der Waals surface area contributed by atoms with Gasteiger partial charge in [0.1, 0.15) is 0 Å². The van der Waals surface area contributed by atoms with Gasteiger partial charge in [-0.15, -0.1) is 0 Å². The minimum Gasteiger partial charge on any atom is 0 e. The Labute approximate surface area is 76.6 Å². The summed E-state index contributed by atoms with van der Waals surface area (Å²) in [6.45, 7) is 0. The van der Waals surface area contributed by atoms with Crippen molar-refractivity contribution in [2.45, 2.75) is 0 Å². The van der Waals surface area contributed by atoms with Crippen molar-refractivity contribution >= 4 is 0 Å². The summed E-state index contributed by atoms with van der Waals surface area (Å²) in [5.74, 6) is 0. The summed E-state index contributed by atoms with van der Waals surface area (Å²) in [4.78, 5) is 0. The summed E-state index contributed by atoms with van der Waals surface area (Å²) in [5.41, 5.74) is 0. The Balaban J connectivity index is 0. The van der Waals surface area contributed by atoms with E-state index >= 15 is 0 Å². The summed E-state index contributed by atoms with van der Waals surface area (Å²) in [7, 11) is 0. The molecule has 0 aromatic carbocycles. The topological polar surface area (TPSA) is 0 Å². The molecule has 0 unspecified atom stereocenters. The third kappa shape index (κ3) is 8.82. The molecule has 0 saturated heterocycles. The van der Waals surface area contributed by atoms with Gasteiger partial charge in [-0.05, 0) is 0 Å². The fourth-order valence-electron chi connectivity index (χ4n) is 0. The molecule has 0 aliphatic rings. The van der Waals surface area contributed by atoms with Crippen LogP contribution in [0.15, 0.2) is 0 Å². The van der Waals surface area contributed by atoms with E-state index in [-0.39, 0.29) is 77.6 Å². The second-order valence-electron chi connectivity index (χ2n) is 0. The average molecular weight is 300 g/mol. The van der Waals surface area contributed by atoms with Crippen LogP contribution in [-0.2, 0) is 77.6 Å². The molecule has 0 fully saturated rings. The first kappa shape index (κ1) is 31.8. The van der Waals surface area contributed by atoms with Crippen LogP contribution in [-0.4, -0.2) is 0 Å². The third-order valence-electron chi connectivity index (χ3n) is 0. The SMILES string of the molecule is [Co].[Cr].[Mo].[Nb]. The molecule has 0 atom stereocenters. The van der Waals surface area contributed by atoms with Crippen molar-refractivity contribution in [3.05, 3.63) is 0 Å². The van der Waals surface area contributed by atoms with Crippen molar-refractivity contribution < 1.29 is 77.6 Å². The Morgan fingerprint density at radius 3 is 1.00 bits per heavy atom. The van der Waals surface area contributed by atoms with Gasteiger partial charge in [-0.1, -0.05) is 0 Å². The van der Waals surface area contributed by atoms with E-state index in [2.05, 4.69) is 0 Å². The Hall–Kier alpha value is 2.47. The molecule has 2 radical (unpaired) electrons. The number of hydrogen-bond donors (Lipinski definition) is 0. The average Bonchev–Trinajstić information content (AvgIpc) is 0. The molecular formula is CoCrMoNb. The first-order valence-corrected chi connectivity index (χ1v) is 0. The molecule has 0 bridgehead atoms. The van der Waals surface area contributed by atoms with E-state index in [0.29, 0.717) is 0 Å². The standard InChI is InChI=1S/Co.Cr.Mo.Nb. The number of hydrogen-bond acceptors (Lipinski definition) is 0. The molecule has 4 heavy (non-hydrogen) atoms. The van der Waals surface area contributed by atoms with E-state index in [9.17, 15) is 0 Å². The molecule has 0 aliphatic carbocycles. The fraction of sp³-hybridized carbons (Fsp3) is 0. The molecule has 0 spiro atoms. The maximum absolute atomic E-state index is 0. The first-order valence-electron chi connectivity index (χ1n) is 0. The van der Waals surface area contributed by atoms with Crippen LogP contribution in [0.5, 0.6) is 0 Å².